The minimum Gasteiger partial charge on any atom is -0.492 e. The maximum atomic E-state index is 11.4. The molecule has 124 valence electrons. The zero-order chi connectivity index (χ0) is 16.2. The number of nitrogens with one attached hydrogen (secondary N) is 1. The second-order valence-electron chi connectivity index (χ2n) is 5.99. The zero-order valence-corrected chi connectivity index (χ0v) is 13.9. The summed E-state index contributed by atoms with van der Waals surface area (Å²) in [5, 5.41) is 4.84. The molecule has 3 rings (SSSR count). The molecule has 1 aromatic carbocycles. The summed E-state index contributed by atoms with van der Waals surface area (Å²) in [4.78, 5) is 16.5. The molecule has 0 aliphatic carbocycles. The van der Waals surface area contributed by atoms with Crippen LogP contribution in [-0.2, 0) is 13.6 Å². The van der Waals surface area contributed by atoms with Crippen LogP contribution in [0.4, 0.5) is 0 Å². The Labute approximate surface area is 140 Å². The third kappa shape index (κ3) is 4.14. The Hall–Kier alpha value is -1.79. The third-order valence-corrected chi connectivity index (χ3v) is 4.42. The van der Waals surface area contributed by atoms with Crippen LogP contribution in [0.2, 0.25) is 5.02 Å². The molecule has 0 amide bonds. The topological polar surface area (TPSA) is 63.1 Å². The lowest BCUT2D eigenvalue weighted by atomic mass is 9.99. The Morgan fingerprint density at radius 3 is 3.00 bits per heavy atom. The van der Waals surface area contributed by atoms with Gasteiger partial charge >= 0.3 is 5.69 Å². The van der Waals surface area contributed by atoms with Crippen molar-refractivity contribution in [3.8, 4) is 5.75 Å². The monoisotopic (exact) mass is 336 g/mol. The van der Waals surface area contributed by atoms with Gasteiger partial charge in [0, 0.05) is 19.5 Å². The van der Waals surface area contributed by atoms with Crippen LogP contribution in [0.5, 0.6) is 5.75 Å². The van der Waals surface area contributed by atoms with Crippen molar-refractivity contribution < 1.29 is 4.74 Å². The van der Waals surface area contributed by atoms with Gasteiger partial charge < -0.3 is 4.74 Å². The molecule has 0 bridgehead atoms. The highest BCUT2D eigenvalue weighted by Crippen LogP contribution is 2.25. The summed E-state index contributed by atoms with van der Waals surface area (Å²) in [5.74, 6) is 1.90. The summed E-state index contributed by atoms with van der Waals surface area (Å²) in [5.41, 5.74) is -0.171. The van der Waals surface area contributed by atoms with Crippen molar-refractivity contribution in [3.63, 3.8) is 0 Å². The number of aryl methyl sites for hydroxylation is 1. The molecule has 1 fully saturated rings. The molecule has 1 aliphatic rings. The van der Waals surface area contributed by atoms with Gasteiger partial charge in [-0.15, -0.1) is 0 Å². The molecule has 1 unspecified atom stereocenters. The number of piperidine rings is 1. The highest BCUT2D eigenvalue weighted by molar-refractivity contribution is 6.32. The normalized spacial score (nSPS) is 19.0. The number of H-pyrrole nitrogens is 1. The Morgan fingerprint density at radius 1 is 1.43 bits per heavy atom. The van der Waals surface area contributed by atoms with E-state index in [2.05, 4.69) is 15.0 Å². The number of benzene rings is 1. The van der Waals surface area contributed by atoms with Gasteiger partial charge in [-0.1, -0.05) is 23.7 Å². The smallest absolute Gasteiger partial charge is 0.343 e. The number of aromatic nitrogens is 3. The van der Waals surface area contributed by atoms with E-state index in [1.54, 1.807) is 7.05 Å². The van der Waals surface area contributed by atoms with Crippen LogP contribution in [0.15, 0.2) is 29.1 Å². The van der Waals surface area contributed by atoms with Crippen LogP contribution in [0, 0.1) is 5.92 Å². The first kappa shape index (κ1) is 16.1. The molecular weight excluding hydrogens is 316 g/mol. The molecule has 23 heavy (non-hydrogen) atoms. The molecule has 1 aliphatic heterocycles. The molecular formula is C16H21ClN4O2. The molecule has 1 atom stereocenters. The van der Waals surface area contributed by atoms with Crippen LogP contribution in [0.3, 0.4) is 0 Å². The van der Waals surface area contributed by atoms with E-state index in [4.69, 9.17) is 16.3 Å². The van der Waals surface area contributed by atoms with E-state index in [1.165, 1.54) is 4.68 Å². The molecule has 0 radical (unpaired) electrons. The summed E-state index contributed by atoms with van der Waals surface area (Å²) in [6, 6.07) is 7.54. The number of rotatable bonds is 5. The first-order chi connectivity index (χ1) is 11.1. The average molecular weight is 337 g/mol. The van der Waals surface area contributed by atoms with Crippen molar-refractivity contribution in [1.82, 2.24) is 19.7 Å². The number of para-hydroxylation sites is 1. The van der Waals surface area contributed by atoms with Gasteiger partial charge in [-0.2, -0.15) is 5.10 Å². The average Bonchev–Trinajstić information content (AvgIpc) is 2.85. The molecule has 6 nitrogen and oxygen atoms in total. The summed E-state index contributed by atoms with van der Waals surface area (Å²) in [6.07, 6.45) is 2.26. The van der Waals surface area contributed by atoms with Crippen molar-refractivity contribution in [2.24, 2.45) is 13.0 Å². The lowest BCUT2D eigenvalue weighted by Crippen LogP contribution is -2.37. The van der Waals surface area contributed by atoms with Gasteiger partial charge in [0.2, 0.25) is 0 Å². The van der Waals surface area contributed by atoms with Gasteiger partial charge in [0.05, 0.1) is 18.2 Å². The van der Waals surface area contributed by atoms with Crippen molar-refractivity contribution in [1.29, 1.82) is 0 Å². The molecule has 1 N–H and O–H groups in total. The molecule has 0 saturated carbocycles. The quantitative estimate of drug-likeness (QED) is 0.907. The van der Waals surface area contributed by atoms with Crippen molar-refractivity contribution in [3.05, 3.63) is 45.6 Å². The van der Waals surface area contributed by atoms with Gasteiger partial charge in [-0.3, -0.25) is 9.88 Å². The van der Waals surface area contributed by atoms with Crippen molar-refractivity contribution in [2.45, 2.75) is 19.4 Å². The summed E-state index contributed by atoms with van der Waals surface area (Å²) in [7, 11) is 1.65. The molecule has 2 aromatic rings. The Morgan fingerprint density at radius 2 is 2.26 bits per heavy atom. The highest BCUT2D eigenvalue weighted by Gasteiger charge is 2.21. The minimum absolute atomic E-state index is 0.171. The van der Waals surface area contributed by atoms with Crippen LogP contribution >= 0.6 is 11.6 Å². The van der Waals surface area contributed by atoms with E-state index in [0.29, 0.717) is 29.9 Å². The fourth-order valence-electron chi connectivity index (χ4n) is 2.94. The number of likely N-dealkylation sites (tertiary alicyclic amines) is 1. The summed E-state index contributed by atoms with van der Waals surface area (Å²) >= 11 is 6.12. The standard InChI is InChI=1S/C16H21ClN4O2/c1-20-16(22)18-15(19-20)10-21-8-4-5-12(9-21)11-23-14-7-3-2-6-13(14)17/h2-3,6-7,12H,4-5,8-11H2,1H3,(H,18,19,22). The fourth-order valence-corrected chi connectivity index (χ4v) is 3.13. The Kier molecular flexibility index (Phi) is 5.03. The second-order valence-corrected chi connectivity index (χ2v) is 6.39. The summed E-state index contributed by atoms with van der Waals surface area (Å²) < 4.78 is 7.19. The predicted octanol–water partition coefficient (Wildman–Crippen LogP) is 2.05. The zero-order valence-electron chi connectivity index (χ0n) is 13.2. The largest absolute Gasteiger partial charge is 0.492 e. The number of hydrogen-bond acceptors (Lipinski definition) is 4. The number of hydrogen-bond donors (Lipinski definition) is 1. The number of halogens is 1. The number of nitrogens with zero attached hydrogens (tertiary/aromatic N) is 3. The van der Waals surface area contributed by atoms with Crippen LogP contribution in [-0.4, -0.2) is 39.4 Å². The van der Waals surface area contributed by atoms with Gasteiger partial charge in [0.15, 0.2) is 0 Å². The molecule has 2 heterocycles. The highest BCUT2D eigenvalue weighted by atomic mass is 35.5. The van der Waals surface area contributed by atoms with Crippen molar-refractivity contribution >= 4 is 11.6 Å². The van der Waals surface area contributed by atoms with Crippen LogP contribution in [0.25, 0.3) is 0 Å². The third-order valence-electron chi connectivity index (χ3n) is 4.10. The maximum absolute atomic E-state index is 11.4. The van der Waals surface area contributed by atoms with E-state index in [1.807, 2.05) is 24.3 Å². The summed E-state index contributed by atoms with van der Waals surface area (Å²) in [6.45, 7) is 3.27. The molecule has 7 heteroatoms. The van der Waals surface area contributed by atoms with Crippen molar-refractivity contribution in [2.75, 3.05) is 19.7 Å². The first-order valence-corrected chi connectivity index (χ1v) is 8.21. The maximum Gasteiger partial charge on any atom is 0.343 e. The van der Waals surface area contributed by atoms with Gasteiger partial charge in [-0.25, -0.2) is 9.48 Å². The predicted molar refractivity (Wildman–Crippen MR) is 88.8 cm³/mol. The van der Waals surface area contributed by atoms with E-state index in [-0.39, 0.29) is 5.69 Å². The lowest BCUT2D eigenvalue weighted by molar-refractivity contribution is 0.123. The SMILES string of the molecule is Cn1nc(CN2CCCC(COc3ccccc3Cl)C2)[nH]c1=O. The molecule has 1 aromatic heterocycles. The van der Waals surface area contributed by atoms with Crippen LogP contribution < -0.4 is 10.4 Å². The van der Waals surface area contributed by atoms with E-state index in [9.17, 15) is 4.79 Å². The molecule has 0 spiro atoms. The molecule has 1 saturated heterocycles. The first-order valence-electron chi connectivity index (χ1n) is 7.83. The Bertz CT molecular complexity index is 712. The number of ether oxygens (including phenoxy) is 1. The lowest BCUT2D eigenvalue weighted by Gasteiger charge is -2.31. The van der Waals surface area contributed by atoms with Gasteiger partial charge in [0.25, 0.3) is 0 Å². The fraction of sp³-hybridized carbons (Fsp3) is 0.500. The van der Waals surface area contributed by atoms with Crippen LogP contribution in [0.1, 0.15) is 18.7 Å². The van der Waals surface area contributed by atoms with E-state index < -0.39 is 0 Å². The minimum atomic E-state index is -0.171. The van der Waals surface area contributed by atoms with E-state index in [0.717, 1.165) is 31.7 Å². The van der Waals surface area contributed by atoms with E-state index >= 15 is 0 Å². The second kappa shape index (κ2) is 7.19. The Balaban J connectivity index is 1.54. The van der Waals surface area contributed by atoms with Gasteiger partial charge in [-0.05, 0) is 31.5 Å². The van der Waals surface area contributed by atoms with Gasteiger partial charge in [0.1, 0.15) is 11.6 Å². The number of aromatic amines is 1.